The summed E-state index contributed by atoms with van der Waals surface area (Å²) in [6, 6.07) is 53.9. The van der Waals surface area contributed by atoms with Crippen molar-refractivity contribution in [3.63, 3.8) is 0 Å². The Balaban J connectivity index is 1.33. The quantitative estimate of drug-likeness (QED) is 0.0721. The maximum atomic E-state index is 14.5. The van der Waals surface area contributed by atoms with Gasteiger partial charge in [-0.1, -0.05) is 140 Å². The van der Waals surface area contributed by atoms with Crippen molar-refractivity contribution in [2.75, 3.05) is 11.9 Å². The van der Waals surface area contributed by atoms with Gasteiger partial charge in [-0.15, -0.1) is 0 Å². The Hall–Kier alpha value is -8.39. The molecule has 1 saturated heterocycles. The fourth-order valence-electron chi connectivity index (χ4n) is 8.38. The number of esters is 4. The molecule has 8 rings (SSSR count). The topological polar surface area (TPSA) is 164 Å². The van der Waals surface area contributed by atoms with Crippen molar-refractivity contribution in [3.05, 3.63) is 244 Å². The lowest BCUT2D eigenvalue weighted by molar-refractivity contribution is -0.360. The van der Waals surface area contributed by atoms with Gasteiger partial charge in [0.2, 0.25) is 11.9 Å². The van der Waals surface area contributed by atoms with Crippen LogP contribution < -0.4 is 4.90 Å². The number of aryl methyl sites for hydroxylation is 1. The van der Waals surface area contributed by atoms with Crippen LogP contribution in [0.4, 0.5) is 10.5 Å². The predicted molar refractivity (Wildman–Crippen MR) is 267 cm³/mol. The minimum atomic E-state index is -2.86. The van der Waals surface area contributed by atoms with Crippen molar-refractivity contribution in [1.29, 1.82) is 0 Å². The van der Waals surface area contributed by atoms with Crippen molar-refractivity contribution >= 4 is 35.7 Å². The highest BCUT2D eigenvalue weighted by Gasteiger charge is 2.62. The predicted octanol–water partition coefficient (Wildman–Crippen LogP) is 10.1. The highest BCUT2D eigenvalue weighted by Crippen LogP contribution is 2.45. The summed E-state index contributed by atoms with van der Waals surface area (Å²) in [5, 5.41) is 13.9. The van der Waals surface area contributed by atoms with Crippen molar-refractivity contribution in [2.45, 2.75) is 69.6 Å². The Morgan fingerprint density at radius 1 is 0.569 bits per heavy atom. The normalized spacial score (nSPS) is 18.7. The van der Waals surface area contributed by atoms with Crippen LogP contribution in [0.2, 0.25) is 0 Å². The summed E-state index contributed by atoms with van der Waals surface area (Å²) in [5.41, 5.74) is 3.69. The first-order valence-corrected chi connectivity index (χ1v) is 23.5. The van der Waals surface area contributed by atoms with E-state index in [9.17, 15) is 29.1 Å². The zero-order valence-corrected chi connectivity index (χ0v) is 39.9. The average Bonchev–Trinajstić information content (AvgIpc) is 3.42. The van der Waals surface area contributed by atoms with Crippen molar-refractivity contribution in [3.8, 4) is 0 Å². The number of hydrogen-bond donors (Lipinski definition) is 1. The molecule has 0 spiro atoms. The molecule has 7 aromatic carbocycles. The molecule has 0 saturated carbocycles. The number of aliphatic hydroxyl groups is 1. The molecular weight excluding hydrogens is 915 g/mol. The number of hydrogen-bond acceptors (Lipinski definition) is 12. The first-order valence-electron chi connectivity index (χ1n) is 23.5. The Morgan fingerprint density at radius 3 is 1.54 bits per heavy atom. The molecule has 0 bridgehead atoms. The van der Waals surface area contributed by atoms with Gasteiger partial charge in [0, 0.05) is 18.3 Å². The third-order valence-electron chi connectivity index (χ3n) is 12.3. The van der Waals surface area contributed by atoms with Gasteiger partial charge in [0.05, 0.1) is 22.3 Å². The monoisotopic (exact) mass is 967 g/mol. The molecule has 1 heterocycles. The molecule has 1 amide bonds. The third kappa shape index (κ3) is 11.8. The summed E-state index contributed by atoms with van der Waals surface area (Å²) >= 11 is 0. The fraction of sp³-hybridized carbons (Fsp3) is 0.203. The Bertz CT molecular complexity index is 2960. The highest BCUT2D eigenvalue weighted by molar-refractivity contribution is 5.92. The standard InChI is InChI=1S/C59H53NO12/c1-4-40-30-32-41(33-31-40)36-47-34-35-48(60(3)58(65)67-38-42-20-10-5-11-21-42)37-49(47)59(66)53(71-57(64)46-28-18-9-19-29-46)52(70-56(63)45-26-16-8-17-27-45)51(69-55(62)44-24-14-7-15-25-44)50(72-59)39(2)68-54(61)43-22-12-6-13-23-43/h5-35,37,39,50-53,66H,4,36,38H2,1-3H3/t39-,50+,51+,52-,53+,59+/m0/s1. The van der Waals surface area contributed by atoms with E-state index in [4.69, 9.17) is 28.4 Å². The van der Waals surface area contributed by atoms with Crippen LogP contribution in [-0.4, -0.2) is 72.6 Å². The molecule has 1 fully saturated rings. The molecule has 7 aromatic rings. The Labute approximate surface area is 417 Å². The summed E-state index contributed by atoms with van der Waals surface area (Å²) in [5.74, 6) is -6.45. The van der Waals surface area contributed by atoms with Gasteiger partial charge in [0.25, 0.3) is 0 Å². The van der Waals surface area contributed by atoms with E-state index in [1.54, 1.807) is 97.1 Å². The smallest absolute Gasteiger partial charge is 0.414 e. The van der Waals surface area contributed by atoms with Crippen LogP contribution in [-0.2, 0) is 53.7 Å². The first-order chi connectivity index (χ1) is 34.9. The molecule has 1 aliphatic heterocycles. The van der Waals surface area contributed by atoms with Gasteiger partial charge in [-0.3, -0.25) is 4.90 Å². The second-order valence-corrected chi connectivity index (χ2v) is 17.2. The van der Waals surface area contributed by atoms with Gasteiger partial charge in [0.15, 0.2) is 12.2 Å². The van der Waals surface area contributed by atoms with Crippen LogP contribution >= 0.6 is 0 Å². The molecule has 1 aliphatic rings. The van der Waals surface area contributed by atoms with E-state index >= 15 is 0 Å². The summed E-state index contributed by atoms with van der Waals surface area (Å²) < 4.78 is 37.7. The second kappa shape index (κ2) is 23.0. The van der Waals surface area contributed by atoms with E-state index in [1.807, 2.05) is 61.5 Å². The van der Waals surface area contributed by atoms with Crippen molar-refractivity contribution in [1.82, 2.24) is 0 Å². The molecule has 0 aromatic heterocycles. The Kier molecular flexibility index (Phi) is 16.0. The van der Waals surface area contributed by atoms with Crippen LogP contribution in [0.5, 0.6) is 0 Å². The lowest BCUT2D eigenvalue weighted by Crippen LogP contribution is -2.68. The molecule has 72 heavy (non-hydrogen) atoms. The van der Waals surface area contributed by atoms with E-state index in [2.05, 4.69) is 0 Å². The van der Waals surface area contributed by atoms with E-state index in [0.29, 0.717) is 5.56 Å². The van der Waals surface area contributed by atoms with Gasteiger partial charge in [-0.05, 0) is 103 Å². The largest absolute Gasteiger partial charge is 0.456 e. The average molecular weight is 968 g/mol. The fourth-order valence-corrected chi connectivity index (χ4v) is 8.38. The van der Waals surface area contributed by atoms with Crippen molar-refractivity contribution < 1.29 is 57.5 Å². The van der Waals surface area contributed by atoms with E-state index in [1.165, 1.54) is 61.3 Å². The number of rotatable bonds is 16. The third-order valence-corrected chi connectivity index (χ3v) is 12.3. The summed E-state index contributed by atoms with van der Waals surface area (Å²) in [7, 11) is 1.49. The van der Waals surface area contributed by atoms with E-state index < -0.39 is 66.3 Å². The summed E-state index contributed by atoms with van der Waals surface area (Å²) in [4.78, 5) is 72.2. The van der Waals surface area contributed by atoms with E-state index in [0.717, 1.165) is 23.1 Å². The summed E-state index contributed by atoms with van der Waals surface area (Å²) in [6.07, 6.45) is -8.52. The van der Waals surface area contributed by atoms with Crippen molar-refractivity contribution in [2.24, 2.45) is 0 Å². The molecule has 1 N–H and O–H groups in total. The Morgan fingerprint density at radius 2 is 1.03 bits per heavy atom. The number of ether oxygens (including phenoxy) is 6. The maximum absolute atomic E-state index is 14.5. The number of amides is 1. The molecule has 366 valence electrons. The lowest BCUT2D eigenvalue weighted by atomic mass is 9.83. The second-order valence-electron chi connectivity index (χ2n) is 17.2. The van der Waals surface area contributed by atoms with Crippen LogP contribution in [0, 0.1) is 0 Å². The molecule has 0 aliphatic carbocycles. The number of benzene rings is 7. The molecule has 0 unspecified atom stereocenters. The van der Waals surface area contributed by atoms with Crippen LogP contribution in [0.3, 0.4) is 0 Å². The number of nitrogens with zero attached hydrogens (tertiary/aromatic N) is 1. The van der Waals surface area contributed by atoms with E-state index in [-0.39, 0.29) is 46.5 Å². The molecule has 13 nitrogen and oxygen atoms in total. The van der Waals surface area contributed by atoms with Crippen LogP contribution in [0.1, 0.15) is 83.1 Å². The van der Waals surface area contributed by atoms with Crippen LogP contribution in [0.15, 0.2) is 194 Å². The van der Waals surface area contributed by atoms with Gasteiger partial charge in [0.1, 0.15) is 18.8 Å². The maximum Gasteiger partial charge on any atom is 0.414 e. The number of carbonyl (C=O) groups is 5. The molecule has 0 radical (unpaired) electrons. The minimum absolute atomic E-state index is 0.0340. The zero-order chi connectivity index (χ0) is 50.6. The van der Waals surface area contributed by atoms with Gasteiger partial charge < -0.3 is 33.5 Å². The molecular formula is C59H53NO12. The molecule has 13 heteroatoms. The van der Waals surface area contributed by atoms with Gasteiger partial charge >= 0.3 is 30.0 Å². The molecule has 6 atom stereocenters. The highest BCUT2D eigenvalue weighted by atomic mass is 16.7. The van der Waals surface area contributed by atoms with Gasteiger partial charge in [-0.25, -0.2) is 24.0 Å². The number of anilines is 1. The van der Waals surface area contributed by atoms with Gasteiger partial charge in [-0.2, -0.15) is 0 Å². The zero-order valence-electron chi connectivity index (χ0n) is 39.9. The number of carbonyl (C=O) groups excluding carboxylic acids is 5. The lowest BCUT2D eigenvalue weighted by Gasteiger charge is -2.50. The van der Waals surface area contributed by atoms with Crippen LogP contribution in [0.25, 0.3) is 0 Å². The summed E-state index contributed by atoms with van der Waals surface area (Å²) in [6.45, 7) is 3.48. The first kappa shape index (κ1) is 50.0. The SMILES string of the molecule is CCc1ccc(Cc2ccc(N(C)C(=O)OCc3ccccc3)cc2[C@@]2(O)O[C@H]([C@H](C)OC(=O)c3ccccc3)[C@@H](OC(=O)c3ccccc3)[C@H](OC(=O)c3ccccc3)[C@H]2OC(=O)c2ccccc2)cc1. The minimum Gasteiger partial charge on any atom is -0.456 e.